The smallest absolute Gasteiger partial charge is 0.239 e. The molecule has 1 aliphatic heterocycles. The highest BCUT2D eigenvalue weighted by molar-refractivity contribution is 7.99. The Morgan fingerprint density at radius 1 is 1.22 bits per heavy atom. The summed E-state index contributed by atoms with van der Waals surface area (Å²) in [4.78, 5) is 25.5. The minimum atomic E-state index is -0.189. The lowest BCUT2D eigenvalue weighted by molar-refractivity contribution is -0.140. The van der Waals surface area contributed by atoms with Crippen molar-refractivity contribution in [2.24, 2.45) is 0 Å². The number of hydrogen-bond donors (Lipinski definition) is 0. The predicted octanol–water partition coefficient (Wildman–Crippen LogP) is 3.08. The second-order valence-electron chi connectivity index (χ2n) is 6.20. The summed E-state index contributed by atoms with van der Waals surface area (Å²) in [5.74, 6) is 1.25. The number of carbonyl (C=O) groups excluding carboxylic acids is 2. The zero-order valence-corrected chi connectivity index (χ0v) is 15.6. The number of aromatic nitrogens is 3. The summed E-state index contributed by atoms with van der Waals surface area (Å²) in [6.45, 7) is 2.37. The first-order valence-electron chi connectivity index (χ1n) is 8.66. The Hall–Kier alpha value is -2.87. The maximum absolute atomic E-state index is 12.4. The third-order valence-corrected chi connectivity index (χ3v) is 5.36. The second-order valence-corrected chi connectivity index (χ2v) is 7.14. The highest BCUT2D eigenvalue weighted by atomic mass is 32.2. The van der Waals surface area contributed by atoms with Gasteiger partial charge in [0.15, 0.2) is 11.0 Å². The molecule has 1 saturated heterocycles. The van der Waals surface area contributed by atoms with E-state index >= 15 is 0 Å². The molecule has 1 aromatic carbocycles. The van der Waals surface area contributed by atoms with Gasteiger partial charge in [-0.2, -0.15) is 0 Å². The van der Waals surface area contributed by atoms with E-state index in [4.69, 9.17) is 4.42 Å². The van der Waals surface area contributed by atoms with Crippen molar-refractivity contribution in [3.8, 4) is 17.1 Å². The Bertz CT molecular complexity index is 980. The van der Waals surface area contributed by atoms with Gasteiger partial charge >= 0.3 is 0 Å². The molecule has 4 rings (SSSR count). The molecule has 0 aliphatic carbocycles. The van der Waals surface area contributed by atoms with Gasteiger partial charge in [0.1, 0.15) is 5.76 Å². The van der Waals surface area contributed by atoms with Gasteiger partial charge in [0.25, 0.3) is 0 Å². The number of imide groups is 1. The standard InChI is InChI=1S/C19H18N4O3S/c1-13-15(9-11-26-13)18-20-21-19(23(18)14-6-3-2-4-7-14)27-12-17(25)22-10-5-8-16(22)24/h2-4,6-7,9,11H,5,8,10,12H2,1H3. The van der Waals surface area contributed by atoms with Crippen LogP contribution in [0.25, 0.3) is 17.1 Å². The number of nitrogens with zero attached hydrogens (tertiary/aromatic N) is 4. The molecule has 0 spiro atoms. The lowest BCUT2D eigenvalue weighted by atomic mass is 10.2. The summed E-state index contributed by atoms with van der Waals surface area (Å²) in [7, 11) is 0. The average Bonchev–Trinajstić information content (AvgIpc) is 3.40. The third kappa shape index (κ3) is 3.40. The average molecular weight is 382 g/mol. The zero-order chi connectivity index (χ0) is 18.8. The number of para-hydroxylation sites is 1. The van der Waals surface area contributed by atoms with Crippen molar-refractivity contribution in [2.45, 2.75) is 24.9 Å². The molecule has 8 heteroatoms. The molecule has 138 valence electrons. The number of hydrogen-bond acceptors (Lipinski definition) is 6. The van der Waals surface area contributed by atoms with Crippen molar-refractivity contribution in [3.05, 3.63) is 48.4 Å². The SMILES string of the molecule is Cc1occc1-c1nnc(SCC(=O)N2CCCC2=O)n1-c1ccccc1. The van der Waals surface area contributed by atoms with Crippen molar-refractivity contribution < 1.29 is 14.0 Å². The summed E-state index contributed by atoms with van der Waals surface area (Å²) < 4.78 is 7.31. The van der Waals surface area contributed by atoms with Gasteiger partial charge in [0.2, 0.25) is 11.8 Å². The molecule has 0 saturated carbocycles. The van der Waals surface area contributed by atoms with Gasteiger partial charge in [0.05, 0.1) is 17.6 Å². The molecular formula is C19H18N4O3S. The van der Waals surface area contributed by atoms with E-state index in [1.54, 1.807) is 6.26 Å². The van der Waals surface area contributed by atoms with Crippen LogP contribution in [0, 0.1) is 6.92 Å². The van der Waals surface area contributed by atoms with E-state index in [1.165, 1.54) is 16.7 Å². The fourth-order valence-corrected chi connectivity index (χ4v) is 3.91. The van der Waals surface area contributed by atoms with Crippen molar-refractivity contribution in [1.82, 2.24) is 19.7 Å². The van der Waals surface area contributed by atoms with Gasteiger partial charge in [-0.3, -0.25) is 19.1 Å². The van der Waals surface area contributed by atoms with Crippen LogP contribution in [0.1, 0.15) is 18.6 Å². The molecular weight excluding hydrogens is 364 g/mol. The van der Waals surface area contributed by atoms with Crippen molar-refractivity contribution in [1.29, 1.82) is 0 Å². The number of carbonyl (C=O) groups is 2. The quantitative estimate of drug-likeness (QED) is 0.631. The molecule has 2 aromatic heterocycles. The monoisotopic (exact) mass is 382 g/mol. The molecule has 2 amide bonds. The molecule has 3 heterocycles. The van der Waals surface area contributed by atoms with Gasteiger partial charge in [-0.15, -0.1) is 10.2 Å². The van der Waals surface area contributed by atoms with E-state index in [-0.39, 0.29) is 17.6 Å². The van der Waals surface area contributed by atoms with Crippen LogP contribution < -0.4 is 0 Å². The van der Waals surface area contributed by atoms with Crippen LogP contribution in [-0.4, -0.2) is 43.8 Å². The Kier molecular flexibility index (Phi) is 4.81. The fraction of sp³-hybridized carbons (Fsp3) is 0.263. The summed E-state index contributed by atoms with van der Waals surface area (Å²) in [6, 6.07) is 11.6. The van der Waals surface area contributed by atoms with Crippen molar-refractivity contribution >= 4 is 23.6 Å². The van der Waals surface area contributed by atoms with E-state index in [0.717, 1.165) is 23.4 Å². The van der Waals surface area contributed by atoms with E-state index in [1.807, 2.05) is 47.9 Å². The molecule has 7 nitrogen and oxygen atoms in total. The second kappa shape index (κ2) is 7.40. The number of amides is 2. The number of furan rings is 1. The molecule has 0 radical (unpaired) electrons. The lowest BCUT2D eigenvalue weighted by Crippen LogP contribution is -2.33. The van der Waals surface area contributed by atoms with E-state index in [0.29, 0.717) is 23.9 Å². The van der Waals surface area contributed by atoms with Crippen molar-refractivity contribution in [3.63, 3.8) is 0 Å². The highest BCUT2D eigenvalue weighted by Gasteiger charge is 2.27. The highest BCUT2D eigenvalue weighted by Crippen LogP contribution is 2.30. The third-order valence-electron chi connectivity index (χ3n) is 4.45. The number of benzene rings is 1. The number of rotatable bonds is 5. The summed E-state index contributed by atoms with van der Waals surface area (Å²) in [5, 5.41) is 9.21. The minimum Gasteiger partial charge on any atom is -0.469 e. The maximum atomic E-state index is 12.4. The largest absolute Gasteiger partial charge is 0.469 e. The first-order valence-corrected chi connectivity index (χ1v) is 9.65. The molecule has 0 unspecified atom stereocenters. The van der Waals surface area contributed by atoms with E-state index in [9.17, 15) is 9.59 Å². The number of likely N-dealkylation sites (tertiary alicyclic amines) is 1. The van der Waals surface area contributed by atoms with E-state index in [2.05, 4.69) is 10.2 Å². The number of thioether (sulfide) groups is 1. The van der Waals surface area contributed by atoms with Gasteiger partial charge in [-0.05, 0) is 31.5 Å². The van der Waals surface area contributed by atoms with Crippen LogP contribution in [0.3, 0.4) is 0 Å². The molecule has 0 atom stereocenters. The minimum absolute atomic E-state index is 0.0974. The van der Waals surface area contributed by atoms with Gasteiger partial charge in [-0.25, -0.2) is 0 Å². The van der Waals surface area contributed by atoms with Crippen LogP contribution in [0.2, 0.25) is 0 Å². The summed E-state index contributed by atoms with van der Waals surface area (Å²) in [5.41, 5.74) is 1.74. The van der Waals surface area contributed by atoms with Crippen LogP contribution in [0.5, 0.6) is 0 Å². The molecule has 1 fully saturated rings. The normalized spacial score (nSPS) is 14.1. The molecule has 1 aliphatic rings. The van der Waals surface area contributed by atoms with Crippen LogP contribution in [0.15, 0.2) is 52.2 Å². The summed E-state index contributed by atoms with van der Waals surface area (Å²) >= 11 is 1.28. The molecule has 0 N–H and O–H groups in total. The van der Waals surface area contributed by atoms with Crippen molar-refractivity contribution in [2.75, 3.05) is 12.3 Å². The topological polar surface area (TPSA) is 81.2 Å². The Morgan fingerprint density at radius 3 is 2.70 bits per heavy atom. The van der Waals surface area contributed by atoms with E-state index < -0.39 is 0 Å². The van der Waals surface area contributed by atoms with Gasteiger partial charge in [-0.1, -0.05) is 30.0 Å². The Morgan fingerprint density at radius 2 is 2.04 bits per heavy atom. The lowest BCUT2D eigenvalue weighted by Gasteiger charge is -2.13. The van der Waals surface area contributed by atoms with Gasteiger partial charge < -0.3 is 4.42 Å². The van der Waals surface area contributed by atoms with Crippen LogP contribution in [0.4, 0.5) is 0 Å². The zero-order valence-electron chi connectivity index (χ0n) is 14.8. The molecule has 0 bridgehead atoms. The fourth-order valence-electron chi connectivity index (χ4n) is 3.08. The Labute approximate surface area is 160 Å². The van der Waals surface area contributed by atoms with Gasteiger partial charge in [0, 0.05) is 18.7 Å². The maximum Gasteiger partial charge on any atom is 0.239 e. The summed E-state index contributed by atoms with van der Waals surface area (Å²) in [6.07, 6.45) is 2.80. The van der Waals surface area contributed by atoms with Crippen LogP contribution in [-0.2, 0) is 9.59 Å². The predicted molar refractivity (Wildman–Crippen MR) is 100 cm³/mol. The van der Waals surface area contributed by atoms with Crippen LogP contribution >= 0.6 is 11.8 Å². The molecule has 27 heavy (non-hydrogen) atoms. The molecule has 3 aromatic rings. The first kappa shape index (κ1) is 17.5. The Balaban J connectivity index is 1.65. The number of aryl methyl sites for hydroxylation is 1. The first-order chi connectivity index (χ1) is 13.1.